The maximum atomic E-state index is 14.1. The third-order valence-corrected chi connectivity index (χ3v) is 6.42. The quantitative estimate of drug-likeness (QED) is 0.605. The van der Waals surface area contributed by atoms with Crippen LogP contribution in [0.2, 0.25) is 0 Å². The minimum atomic E-state index is -1.03. The predicted molar refractivity (Wildman–Crippen MR) is 115 cm³/mol. The summed E-state index contributed by atoms with van der Waals surface area (Å²) in [6.07, 6.45) is 3.38. The fourth-order valence-corrected chi connectivity index (χ4v) is 4.65. The van der Waals surface area contributed by atoms with Crippen molar-refractivity contribution in [1.82, 2.24) is 24.6 Å². The number of carbonyl (C=O) groups is 2. The van der Waals surface area contributed by atoms with Gasteiger partial charge in [0.25, 0.3) is 11.8 Å². The van der Waals surface area contributed by atoms with E-state index in [1.807, 2.05) is 0 Å². The van der Waals surface area contributed by atoms with Gasteiger partial charge in [0.15, 0.2) is 11.4 Å². The molecule has 1 atom stereocenters. The number of hydrogen-bond donors (Lipinski definition) is 2. The van der Waals surface area contributed by atoms with Crippen LogP contribution in [-0.2, 0) is 26.6 Å². The van der Waals surface area contributed by atoms with E-state index in [-0.39, 0.29) is 17.3 Å². The number of nitrogens with one attached hydrogen (secondary N) is 1. The lowest BCUT2D eigenvalue weighted by atomic mass is 10.0. The molecule has 0 saturated heterocycles. The van der Waals surface area contributed by atoms with Gasteiger partial charge in [0.2, 0.25) is 5.43 Å². The highest BCUT2D eigenvalue weighted by Crippen LogP contribution is 2.33. The Kier molecular flexibility index (Phi) is 4.99. The molecule has 0 aliphatic carbocycles. The van der Waals surface area contributed by atoms with E-state index in [0.717, 1.165) is 23.4 Å². The monoisotopic (exact) mass is 469 g/mol. The number of amides is 2. The molecule has 1 aromatic carbocycles. The Hall–Kier alpha value is -4.02. The Labute approximate surface area is 192 Å². The molecule has 34 heavy (non-hydrogen) atoms. The Morgan fingerprint density at radius 2 is 1.97 bits per heavy atom. The van der Waals surface area contributed by atoms with Gasteiger partial charge < -0.3 is 19.9 Å². The van der Waals surface area contributed by atoms with Crippen LogP contribution in [-0.4, -0.2) is 42.7 Å². The molecule has 0 spiro atoms. The molecular weight excluding hydrogens is 448 g/mol. The lowest BCUT2D eigenvalue weighted by molar-refractivity contribution is 0.0653. The van der Waals surface area contributed by atoms with Crippen LogP contribution in [0.5, 0.6) is 5.75 Å². The van der Waals surface area contributed by atoms with Crippen molar-refractivity contribution in [1.29, 1.82) is 0 Å². The topological polar surface area (TPSA) is 109 Å². The van der Waals surface area contributed by atoms with Gasteiger partial charge in [0.05, 0.1) is 12.2 Å². The van der Waals surface area contributed by atoms with Crippen LogP contribution in [0.3, 0.4) is 0 Å². The molecule has 11 heteroatoms. The molecule has 0 radical (unpaired) electrons. The number of hydrogen-bond acceptors (Lipinski definition) is 5. The molecule has 2 amide bonds. The lowest BCUT2D eigenvalue weighted by Gasteiger charge is -2.34. The number of aromatic hydroxyl groups is 1. The van der Waals surface area contributed by atoms with Crippen molar-refractivity contribution < 1.29 is 23.5 Å². The third-order valence-electron chi connectivity index (χ3n) is 6.42. The molecule has 4 heterocycles. The van der Waals surface area contributed by atoms with Gasteiger partial charge in [-0.2, -0.15) is 5.10 Å². The molecule has 2 aliphatic rings. The van der Waals surface area contributed by atoms with Gasteiger partial charge in [0, 0.05) is 56.1 Å². The van der Waals surface area contributed by atoms with Gasteiger partial charge >= 0.3 is 0 Å². The fraction of sp³-hybridized carbons (Fsp3) is 0.304. The highest BCUT2D eigenvalue weighted by Gasteiger charge is 2.38. The average molecular weight is 469 g/mol. The Morgan fingerprint density at radius 1 is 1.26 bits per heavy atom. The Bertz CT molecular complexity index is 1400. The summed E-state index contributed by atoms with van der Waals surface area (Å²) < 4.78 is 31.4. The highest BCUT2D eigenvalue weighted by atomic mass is 19.1. The second kappa shape index (κ2) is 7.79. The van der Waals surface area contributed by atoms with Crippen molar-refractivity contribution in [3.8, 4) is 5.75 Å². The van der Waals surface area contributed by atoms with Crippen LogP contribution in [0.15, 0.2) is 29.3 Å². The van der Waals surface area contributed by atoms with E-state index < -0.39 is 46.7 Å². The Morgan fingerprint density at radius 3 is 2.68 bits per heavy atom. The molecule has 2 aliphatic heterocycles. The number of aryl methyl sites for hydroxylation is 2. The van der Waals surface area contributed by atoms with Crippen molar-refractivity contribution in [3.63, 3.8) is 0 Å². The van der Waals surface area contributed by atoms with E-state index in [1.54, 1.807) is 17.9 Å². The number of pyridine rings is 1. The summed E-state index contributed by atoms with van der Waals surface area (Å²) in [5.41, 5.74) is 0.178. The SMILES string of the molecule is Cc1cc(F)c(CNC(=O)c2cn3c(c(O)c2=O)C(=O)N2Cc4cnn(C)c4C[C@H]3C2)c(F)c1. The second-order valence-corrected chi connectivity index (χ2v) is 8.65. The van der Waals surface area contributed by atoms with Gasteiger partial charge in [-0.1, -0.05) is 0 Å². The molecule has 5 rings (SSSR count). The van der Waals surface area contributed by atoms with E-state index in [4.69, 9.17) is 0 Å². The van der Waals surface area contributed by atoms with E-state index in [9.17, 15) is 28.3 Å². The van der Waals surface area contributed by atoms with Crippen molar-refractivity contribution in [2.75, 3.05) is 6.54 Å². The summed E-state index contributed by atoms with van der Waals surface area (Å²) in [5.74, 6) is -3.92. The van der Waals surface area contributed by atoms with Crippen LogP contribution >= 0.6 is 0 Å². The molecule has 176 valence electrons. The molecule has 2 N–H and O–H groups in total. The number of benzene rings is 1. The summed E-state index contributed by atoms with van der Waals surface area (Å²) in [7, 11) is 1.79. The van der Waals surface area contributed by atoms with E-state index in [1.165, 1.54) is 22.6 Å². The third kappa shape index (κ3) is 3.35. The van der Waals surface area contributed by atoms with Gasteiger partial charge in [0.1, 0.15) is 17.2 Å². The zero-order valence-electron chi connectivity index (χ0n) is 18.4. The maximum absolute atomic E-state index is 14.1. The smallest absolute Gasteiger partial charge is 0.274 e. The first-order chi connectivity index (χ1) is 16.2. The Balaban J connectivity index is 1.51. The lowest BCUT2D eigenvalue weighted by Crippen LogP contribution is -2.44. The van der Waals surface area contributed by atoms with Crippen molar-refractivity contribution >= 4 is 11.8 Å². The molecular formula is C23H21F2N5O4. The summed E-state index contributed by atoms with van der Waals surface area (Å²) >= 11 is 0. The molecule has 0 unspecified atom stereocenters. The maximum Gasteiger partial charge on any atom is 0.274 e. The minimum Gasteiger partial charge on any atom is -0.503 e. The zero-order valence-corrected chi connectivity index (χ0v) is 18.4. The van der Waals surface area contributed by atoms with E-state index >= 15 is 0 Å². The van der Waals surface area contributed by atoms with Gasteiger partial charge in [-0.25, -0.2) is 8.78 Å². The second-order valence-electron chi connectivity index (χ2n) is 8.65. The fourth-order valence-electron chi connectivity index (χ4n) is 4.65. The average Bonchev–Trinajstić information content (AvgIpc) is 3.01. The first kappa shape index (κ1) is 21.8. The zero-order chi connectivity index (χ0) is 24.3. The number of aromatic nitrogens is 3. The van der Waals surface area contributed by atoms with Crippen molar-refractivity contribution in [2.45, 2.75) is 32.5 Å². The van der Waals surface area contributed by atoms with Gasteiger partial charge in [-0.3, -0.25) is 19.1 Å². The molecule has 2 aromatic heterocycles. The molecule has 0 fully saturated rings. The summed E-state index contributed by atoms with van der Waals surface area (Å²) in [5, 5.41) is 17.2. The molecule has 0 saturated carbocycles. The molecule has 3 aromatic rings. The number of nitrogens with zero attached hydrogens (tertiary/aromatic N) is 4. The van der Waals surface area contributed by atoms with Crippen LogP contribution in [0, 0.1) is 18.6 Å². The number of fused-ring (bicyclic) bond motifs is 5. The first-order valence-corrected chi connectivity index (χ1v) is 10.7. The highest BCUT2D eigenvalue weighted by molar-refractivity contribution is 5.99. The van der Waals surface area contributed by atoms with Crippen LogP contribution in [0.25, 0.3) is 0 Å². The number of halogens is 2. The first-order valence-electron chi connectivity index (χ1n) is 10.7. The van der Waals surface area contributed by atoms with E-state index in [2.05, 4.69) is 10.4 Å². The van der Waals surface area contributed by atoms with Crippen molar-refractivity contribution in [3.05, 3.63) is 80.0 Å². The molecule has 2 bridgehead atoms. The molecule has 9 nitrogen and oxygen atoms in total. The largest absolute Gasteiger partial charge is 0.503 e. The van der Waals surface area contributed by atoms with Crippen LogP contribution in [0.1, 0.15) is 49.3 Å². The van der Waals surface area contributed by atoms with Gasteiger partial charge in [-0.05, 0) is 24.6 Å². The number of rotatable bonds is 3. The van der Waals surface area contributed by atoms with Crippen LogP contribution in [0.4, 0.5) is 8.78 Å². The summed E-state index contributed by atoms with van der Waals surface area (Å²) in [6, 6.07) is 1.93. The van der Waals surface area contributed by atoms with E-state index in [0.29, 0.717) is 25.1 Å². The minimum absolute atomic E-state index is 0.186. The van der Waals surface area contributed by atoms with Crippen LogP contribution < -0.4 is 10.7 Å². The van der Waals surface area contributed by atoms with Crippen molar-refractivity contribution in [2.24, 2.45) is 7.05 Å². The summed E-state index contributed by atoms with van der Waals surface area (Å²) in [6.45, 7) is 1.66. The normalized spacial score (nSPS) is 16.6. The summed E-state index contributed by atoms with van der Waals surface area (Å²) in [4.78, 5) is 40.2. The number of carbonyl (C=O) groups excluding carboxylic acids is 2. The predicted octanol–water partition coefficient (Wildman–Crippen LogP) is 1.56. The van der Waals surface area contributed by atoms with Gasteiger partial charge in [-0.15, -0.1) is 0 Å². The standard InChI is InChI=1S/C23H21F2N5O4/c1-11-3-16(24)14(17(25)4-11)7-26-22(33)15-10-30-13-5-18-12(6-27-28(18)2)8-29(9-13)23(34)19(30)21(32)20(15)31/h3-4,6,10,13,32H,5,7-9H2,1-2H3,(H,26,33)/t13-/m0/s1.